The first-order valence-electron chi connectivity index (χ1n) is 8.06. The van der Waals surface area contributed by atoms with E-state index >= 15 is 0 Å². The molecule has 0 bridgehead atoms. The molecule has 2 heterocycles. The van der Waals surface area contributed by atoms with Crippen molar-refractivity contribution in [2.75, 3.05) is 16.0 Å². The Bertz CT molecular complexity index is 921. The minimum atomic E-state index is -1.19. The van der Waals surface area contributed by atoms with Gasteiger partial charge in [0, 0.05) is 30.6 Å². The van der Waals surface area contributed by atoms with E-state index in [-0.39, 0.29) is 11.9 Å². The number of hydrogen-bond acceptors (Lipinski definition) is 6. The van der Waals surface area contributed by atoms with E-state index < -0.39 is 6.09 Å². The first kappa shape index (κ1) is 18.1. The summed E-state index contributed by atoms with van der Waals surface area (Å²) in [5, 5.41) is 17.4. The molecule has 4 N–H and O–H groups in total. The molecule has 0 fully saturated rings. The summed E-state index contributed by atoms with van der Waals surface area (Å²) in [6.45, 7) is 1.89. The molecule has 3 rings (SSSR count). The number of carbonyl (C=O) groups is 1. The molecule has 0 saturated carbocycles. The van der Waals surface area contributed by atoms with Crippen molar-refractivity contribution in [3.05, 3.63) is 66.4 Å². The third-order valence-corrected chi connectivity index (χ3v) is 3.63. The number of aromatic nitrogens is 3. The van der Waals surface area contributed by atoms with Crippen LogP contribution in [-0.4, -0.2) is 26.2 Å². The highest BCUT2D eigenvalue weighted by Crippen LogP contribution is 2.24. The van der Waals surface area contributed by atoms with Crippen LogP contribution in [0.2, 0.25) is 0 Å². The van der Waals surface area contributed by atoms with E-state index in [0.717, 1.165) is 5.56 Å². The maximum Gasteiger partial charge on any atom is 0.409 e. The summed E-state index contributed by atoms with van der Waals surface area (Å²) in [5.74, 6) is 0.974. The number of halogens is 1. The van der Waals surface area contributed by atoms with Crippen molar-refractivity contribution in [2.24, 2.45) is 0 Å². The van der Waals surface area contributed by atoms with Crippen LogP contribution in [0, 0.1) is 5.82 Å². The first-order valence-corrected chi connectivity index (χ1v) is 8.06. The van der Waals surface area contributed by atoms with Gasteiger partial charge in [0.15, 0.2) is 0 Å². The summed E-state index contributed by atoms with van der Waals surface area (Å²) in [4.78, 5) is 23.5. The Morgan fingerprint density at radius 3 is 2.52 bits per heavy atom. The van der Waals surface area contributed by atoms with Gasteiger partial charge >= 0.3 is 6.09 Å². The number of rotatable bonds is 6. The van der Waals surface area contributed by atoms with Gasteiger partial charge < -0.3 is 15.7 Å². The quantitative estimate of drug-likeness (QED) is 0.520. The van der Waals surface area contributed by atoms with Gasteiger partial charge in [-0.25, -0.2) is 19.2 Å². The molecule has 0 radical (unpaired) electrons. The standard InChI is InChI=1S/C18H17FN6O2/c1-11(12-2-4-13(19)5-3-12)22-15-8-14(23-18(26)27)9-16(24-15)25-17-10-20-6-7-21-17/h2-11H,1H3,(H,26,27)(H3,21,22,23,24,25)/t11-/m0/s1. The van der Waals surface area contributed by atoms with Gasteiger partial charge in [-0.15, -0.1) is 0 Å². The number of benzene rings is 1. The minimum absolute atomic E-state index is 0.178. The van der Waals surface area contributed by atoms with Crippen molar-refractivity contribution in [1.82, 2.24) is 15.0 Å². The highest BCUT2D eigenvalue weighted by atomic mass is 19.1. The van der Waals surface area contributed by atoms with E-state index in [1.54, 1.807) is 24.4 Å². The third-order valence-electron chi connectivity index (χ3n) is 3.63. The molecule has 1 aromatic carbocycles. The van der Waals surface area contributed by atoms with E-state index in [1.165, 1.54) is 30.6 Å². The molecular formula is C18H17FN6O2. The number of amides is 1. The summed E-state index contributed by atoms with van der Waals surface area (Å²) in [5.41, 5.74) is 1.19. The molecule has 8 nitrogen and oxygen atoms in total. The number of nitrogens with one attached hydrogen (secondary N) is 3. The predicted octanol–water partition coefficient (Wildman–Crippen LogP) is 4.02. The highest BCUT2D eigenvalue weighted by molar-refractivity contribution is 5.84. The van der Waals surface area contributed by atoms with Crippen LogP contribution < -0.4 is 16.0 Å². The van der Waals surface area contributed by atoms with Crippen LogP contribution >= 0.6 is 0 Å². The number of pyridine rings is 1. The Kier molecular flexibility index (Phi) is 5.41. The Balaban J connectivity index is 1.85. The lowest BCUT2D eigenvalue weighted by molar-refractivity contribution is 0.210. The van der Waals surface area contributed by atoms with Crippen LogP contribution in [0.15, 0.2) is 55.0 Å². The van der Waals surface area contributed by atoms with Crippen LogP contribution in [0.3, 0.4) is 0 Å². The number of hydrogen-bond donors (Lipinski definition) is 4. The van der Waals surface area contributed by atoms with Gasteiger partial charge in [0.2, 0.25) is 0 Å². The normalized spacial score (nSPS) is 11.5. The number of nitrogens with zero attached hydrogens (tertiary/aromatic N) is 3. The van der Waals surface area contributed by atoms with Crippen molar-refractivity contribution in [1.29, 1.82) is 0 Å². The molecular weight excluding hydrogens is 351 g/mol. The molecule has 0 spiro atoms. The van der Waals surface area contributed by atoms with E-state index in [9.17, 15) is 9.18 Å². The average molecular weight is 368 g/mol. The first-order chi connectivity index (χ1) is 13.0. The lowest BCUT2D eigenvalue weighted by atomic mass is 10.1. The van der Waals surface area contributed by atoms with Crippen molar-refractivity contribution in [2.45, 2.75) is 13.0 Å². The Hall–Kier alpha value is -3.75. The molecule has 0 saturated heterocycles. The van der Waals surface area contributed by atoms with E-state index in [1.807, 2.05) is 6.92 Å². The number of anilines is 4. The molecule has 1 atom stereocenters. The fourth-order valence-corrected chi connectivity index (χ4v) is 2.42. The van der Waals surface area contributed by atoms with E-state index in [0.29, 0.717) is 23.1 Å². The SMILES string of the molecule is C[C@H](Nc1cc(NC(=O)O)cc(Nc2cnccn2)n1)c1ccc(F)cc1. The molecule has 0 aliphatic carbocycles. The van der Waals surface area contributed by atoms with E-state index in [4.69, 9.17) is 5.11 Å². The molecule has 0 aliphatic heterocycles. The van der Waals surface area contributed by atoms with Crippen molar-refractivity contribution in [3.8, 4) is 0 Å². The predicted molar refractivity (Wildman–Crippen MR) is 99.6 cm³/mol. The Morgan fingerprint density at radius 1 is 1.11 bits per heavy atom. The summed E-state index contributed by atoms with van der Waals surface area (Å²) in [6, 6.07) is 9.03. The Labute approximate surface area is 154 Å². The van der Waals surface area contributed by atoms with Gasteiger partial charge in [-0.3, -0.25) is 10.3 Å². The Morgan fingerprint density at radius 2 is 1.85 bits per heavy atom. The monoisotopic (exact) mass is 368 g/mol. The maximum absolute atomic E-state index is 13.1. The van der Waals surface area contributed by atoms with Gasteiger partial charge in [0.05, 0.1) is 11.9 Å². The summed E-state index contributed by atoms with van der Waals surface area (Å²) in [6.07, 6.45) is 3.40. The van der Waals surface area contributed by atoms with Gasteiger partial charge in [0.25, 0.3) is 0 Å². The topological polar surface area (TPSA) is 112 Å². The van der Waals surface area contributed by atoms with E-state index in [2.05, 4.69) is 30.9 Å². The second kappa shape index (κ2) is 8.09. The highest BCUT2D eigenvalue weighted by Gasteiger charge is 2.10. The van der Waals surface area contributed by atoms with Gasteiger partial charge in [0.1, 0.15) is 23.3 Å². The van der Waals surface area contributed by atoms with Crippen LogP contribution in [0.1, 0.15) is 18.5 Å². The molecule has 2 aromatic heterocycles. The fraction of sp³-hybridized carbons (Fsp3) is 0.111. The average Bonchev–Trinajstić information content (AvgIpc) is 2.62. The van der Waals surface area contributed by atoms with Gasteiger partial charge in [-0.2, -0.15) is 0 Å². The zero-order valence-corrected chi connectivity index (χ0v) is 14.3. The molecule has 0 unspecified atom stereocenters. The smallest absolute Gasteiger partial charge is 0.409 e. The molecule has 9 heteroatoms. The lowest BCUT2D eigenvalue weighted by Crippen LogP contribution is -2.12. The van der Waals surface area contributed by atoms with Crippen LogP contribution in [-0.2, 0) is 0 Å². The summed E-state index contributed by atoms with van der Waals surface area (Å²) >= 11 is 0. The van der Waals surface area contributed by atoms with Crippen molar-refractivity contribution < 1.29 is 14.3 Å². The molecule has 27 heavy (non-hydrogen) atoms. The zero-order chi connectivity index (χ0) is 19.2. The molecule has 0 aliphatic rings. The maximum atomic E-state index is 13.1. The summed E-state index contributed by atoms with van der Waals surface area (Å²) in [7, 11) is 0. The third kappa shape index (κ3) is 5.11. The second-order valence-corrected chi connectivity index (χ2v) is 5.69. The van der Waals surface area contributed by atoms with Crippen LogP contribution in [0.25, 0.3) is 0 Å². The largest absolute Gasteiger partial charge is 0.465 e. The molecule has 3 aromatic rings. The second-order valence-electron chi connectivity index (χ2n) is 5.69. The summed E-state index contributed by atoms with van der Waals surface area (Å²) < 4.78 is 13.1. The molecule has 138 valence electrons. The molecule has 1 amide bonds. The lowest BCUT2D eigenvalue weighted by Gasteiger charge is -2.17. The van der Waals surface area contributed by atoms with Gasteiger partial charge in [-0.05, 0) is 24.6 Å². The van der Waals surface area contributed by atoms with Crippen LogP contribution in [0.5, 0.6) is 0 Å². The van der Waals surface area contributed by atoms with Gasteiger partial charge in [-0.1, -0.05) is 12.1 Å². The van der Waals surface area contributed by atoms with Crippen molar-refractivity contribution in [3.63, 3.8) is 0 Å². The van der Waals surface area contributed by atoms with Crippen molar-refractivity contribution >= 4 is 29.2 Å². The number of carboxylic acid groups (broad SMARTS) is 1. The van der Waals surface area contributed by atoms with Crippen LogP contribution in [0.4, 0.5) is 32.3 Å². The zero-order valence-electron chi connectivity index (χ0n) is 14.3. The fourth-order valence-electron chi connectivity index (χ4n) is 2.42. The minimum Gasteiger partial charge on any atom is -0.465 e.